The van der Waals surface area contributed by atoms with Crippen molar-refractivity contribution in [3.05, 3.63) is 29.8 Å². The number of carbonyl (C=O) groups excluding carboxylic acids is 4. The first-order valence-electron chi connectivity index (χ1n) is 9.79. The van der Waals surface area contributed by atoms with Crippen LogP contribution in [0.25, 0.3) is 0 Å². The smallest absolute Gasteiger partial charge is 0.373 e. The number of rotatable bonds is 14. The first-order chi connectivity index (χ1) is 15.7. The molecule has 0 aliphatic heterocycles. The van der Waals surface area contributed by atoms with Crippen molar-refractivity contribution < 1.29 is 48.8 Å². The first kappa shape index (κ1) is 29.2. The number of aliphatic hydroxyl groups is 1. The maximum Gasteiger partial charge on any atom is 0.373 e. The Morgan fingerprint density at radius 3 is 2.18 bits per heavy atom. The fourth-order valence-corrected chi connectivity index (χ4v) is 2.36. The summed E-state index contributed by atoms with van der Waals surface area (Å²) in [6.07, 6.45) is 0.322. The minimum Gasteiger partial charge on any atom is -0.481 e. The van der Waals surface area contributed by atoms with E-state index in [0.717, 1.165) is 5.56 Å². The molecule has 0 saturated carbocycles. The van der Waals surface area contributed by atoms with Gasteiger partial charge in [-0.15, -0.1) is 0 Å². The number of hydrogen-bond acceptors (Lipinski definition) is 8. The molecular weight excluding hydrogens is 442 g/mol. The lowest BCUT2D eigenvalue weighted by Gasteiger charge is -2.14. The molecule has 3 amide bonds. The first-order valence-corrected chi connectivity index (χ1v) is 9.79. The van der Waals surface area contributed by atoms with Crippen molar-refractivity contribution in [2.24, 2.45) is 0 Å². The third kappa shape index (κ3) is 15.6. The monoisotopic (exact) mass is 469 g/mol. The maximum absolute atomic E-state index is 11.8. The summed E-state index contributed by atoms with van der Waals surface area (Å²) < 4.78 is 5.03. The molecule has 1 aromatic rings. The van der Waals surface area contributed by atoms with Crippen molar-refractivity contribution in [1.29, 1.82) is 0 Å². The van der Waals surface area contributed by atoms with E-state index in [0.29, 0.717) is 12.1 Å². The van der Waals surface area contributed by atoms with Crippen molar-refractivity contribution in [3.63, 3.8) is 0 Å². The van der Waals surface area contributed by atoms with Crippen LogP contribution in [0.15, 0.2) is 24.3 Å². The highest BCUT2D eigenvalue weighted by Crippen LogP contribution is 2.10. The molecule has 1 unspecified atom stereocenters. The van der Waals surface area contributed by atoms with Gasteiger partial charge in [-0.05, 0) is 30.5 Å². The number of hydrogen-bond donors (Lipinski definition) is 6. The van der Waals surface area contributed by atoms with Gasteiger partial charge in [0.15, 0.2) is 0 Å². The van der Waals surface area contributed by atoms with E-state index in [4.69, 9.17) is 29.6 Å². The average molecular weight is 469 g/mol. The largest absolute Gasteiger partial charge is 0.481 e. The Labute approximate surface area is 189 Å². The van der Waals surface area contributed by atoms with Crippen LogP contribution >= 0.6 is 0 Å². The quantitative estimate of drug-likeness (QED) is 0.194. The van der Waals surface area contributed by atoms with E-state index in [1.54, 1.807) is 24.3 Å². The normalized spacial score (nSPS) is 10.6. The molecule has 13 nitrogen and oxygen atoms in total. The fraction of sp³-hybridized carbons (Fsp3) is 0.450. The Hall–Kier alpha value is -3.80. The highest BCUT2D eigenvalue weighted by atomic mass is 16.5. The predicted molar refractivity (Wildman–Crippen MR) is 111 cm³/mol. The van der Waals surface area contributed by atoms with Gasteiger partial charge in [-0.3, -0.25) is 9.59 Å². The number of benzene rings is 1. The number of amides is 3. The highest BCUT2D eigenvalue weighted by molar-refractivity contribution is 5.90. The van der Waals surface area contributed by atoms with Crippen LogP contribution in [0.1, 0.15) is 24.8 Å². The Morgan fingerprint density at radius 1 is 1.00 bits per heavy atom. The highest BCUT2D eigenvalue weighted by Gasteiger charge is 2.20. The number of anilines is 1. The topological polar surface area (TPSA) is 208 Å². The second-order valence-corrected chi connectivity index (χ2v) is 6.39. The molecule has 1 aromatic carbocycles. The summed E-state index contributed by atoms with van der Waals surface area (Å²) in [5.41, 5.74) is 1.50. The van der Waals surface area contributed by atoms with E-state index in [1.807, 2.05) is 0 Å². The lowest BCUT2D eigenvalue weighted by molar-refractivity contribution is -0.191. The molecule has 13 heteroatoms. The zero-order valence-electron chi connectivity index (χ0n) is 17.7. The van der Waals surface area contributed by atoms with E-state index in [1.165, 1.54) is 0 Å². The van der Waals surface area contributed by atoms with Gasteiger partial charge in [0, 0.05) is 18.7 Å². The minimum absolute atomic E-state index is 0.0928. The number of aliphatic hydroxyl groups excluding tert-OH is 1. The molecule has 0 aliphatic rings. The van der Waals surface area contributed by atoms with E-state index in [9.17, 15) is 19.2 Å². The van der Waals surface area contributed by atoms with Crippen LogP contribution in [-0.4, -0.2) is 77.8 Å². The van der Waals surface area contributed by atoms with E-state index < -0.39 is 24.0 Å². The summed E-state index contributed by atoms with van der Waals surface area (Å²) in [5.74, 6) is -2.66. The van der Waals surface area contributed by atoms with Crippen LogP contribution in [0.4, 0.5) is 10.5 Å². The van der Waals surface area contributed by atoms with Crippen LogP contribution in [0.3, 0.4) is 0 Å². The van der Waals surface area contributed by atoms with Gasteiger partial charge in [0.1, 0.15) is 6.04 Å². The molecule has 0 aliphatic carbocycles. The van der Waals surface area contributed by atoms with Crippen molar-refractivity contribution in [1.82, 2.24) is 10.6 Å². The summed E-state index contributed by atoms with van der Waals surface area (Å²) in [5, 5.41) is 33.7. The van der Waals surface area contributed by atoms with Crippen molar-refractivity contribution in [3.8, 4) is 0 Å². The molecule has 0 saturated heterocycles. The van der Waals surface area contributed by atoms with Gasteiger partial charge >= 0.3 is 24.1 Å². The van der Waals surface area contributed by atoms with Crippen LogP contribution in [0.2, 0.25) is 0 Å². The van der Waals surface area contributed by atoms with Crippen LogP contribution in [0.5, 0.6) is 0 Å². The lowest BCUT2D eigenvalue weighted by Crippen LogP contribution is -2.46. The molecular formula is C20H27N3O10. The van der Waals surface area contributed by atoms with Gasteiger partial charge in [-0.2, -0.15) is 9.59 Å². The number of urea groups is 1. The molecule has 6 N–H and O–H groups in total. The average Bonchev–Trinajstić information content (AvgIpc) is 2.75. The van der Waals surface area contributed by atoms with E-state index in [-0.39, 0.29) is 57.7 Å². The van der Waals surface area contributed by atoms with Gasteiger partial charge in [-0.1, -0.05) is 12.1 Å². The third-order valence-electron chi connectivity index (χ3n) is 3.90. The van der Waals surface area contributed by atoms with Crippen LogP contribution < -0.4 is 16.0 Å². The molecule has 0 fully saturated rings. The van der Waals surface area contributed by atoms with Gasteiger partial charge in [0.2, 0.25) is 5.91 Å². The number of carboxylic acid groups (broad SMARTS) is 2. The number of ether oxygens (including phenoxy) is 1. The minimum atomic E-state index is -1.30. The lowest BCUT2D eigenvalue weighted by atomic mass is 10.1. The zero-order valence-corrected chi connectivity index (χ0v) is 17.7. The summed E-state index contributed by atoms with van der Waals surface area (Å²) >= 11 is 0. The molecule has 182 valence electrons. The fourth-order valence-electron chi connectivity index (χ4n) is 2.36. The van der Waals surface area contributed by atoms with Gasteiger partial charge in [0.25, 0.3) is 0 Å². The van der Waals surface area contributed by atoms with Crippen LogP contribution in [0, 0.1) is 0 Å². The van der Waals surface area contributed by atoms with Gasteiger partial charge < -0.3 is 36.0 Å². The Morgan fingerprint density at radius 2 is 1.64 bits per heavy atom. The van der Waals surface area contributed by atoms with Crippen molar-refractivity contribution >= 4 is 35.7 Å². The maximum atomic E-state index is 11.8. The summed E-state index contributed by atoms with van der Waals surface area (Å²) in [6, 6.07) is 5.02. The molecule has 0 bridgehead atoms. The van der Waals surface area contributed by atoms with Crippen LogP contribution in [-0.2, 0) is 35.1 Å². The summed E-state index contributed by atoms with van der Waals surface area (Å²) in [4.78, 5) is 61.4. The molecule has 0 heterocycles. The molecule has 1 rings (SSSR count). The summed E-state index contributed by atoms with van der Waals surface area (Å²) in [7, 11) is 0. The zero-order chi connectivity index (χ0) is 25.1. The standard InChI is InChI=1S/C19H27N3O8.CO2/c23-10-12-30-11-8-16(24)21-14-3-1-13(2-4-14)7-9-20-19(29)22-15(18(27)28)5-6-17(25)26;2-1-3/h1-4,15,23H,5-12H2,(H,21,24)(H,25,26)(H,27,28)(H2,20,22,29);. The van der Waals surface area contributed by atoms with Gasteiger partial charge in [0.05, 0.1) is 26.2 Å². The second-order valence-electron chi connectivity index (χ2n) is 6.39. The van der Waals surface area contributed by atoms with E-state index >= 15 is 0 Å². The summed E-state index contributed by atoms with van der Waals surface area (Å²) in [6.45, 7) is 0.556. The van der Waals surface area contributed by atoms with E-state index in [2.05, 4.69) is 16.0 Å². The number of carboxylic acids is 2. The molecule has 0 aromatic heterocycles. The van der Waals surface area contributed by atoms with Crippen molar-refractivity contribution in [2.45, 2.75) is 31.7 Å². The predicted octanol–water partition coefficient (Wildman–Crippen LogP) is -0.400. The molecule has 33 heavy (non-hydrogen) atoms. The molecule has 1 atom stereocenters. The third-order valence-corrected chi connectivity index (χ3v) is 3.90. The van der Waals surface area contributed by atoms with Crippen molar-refractivity contribution in [2.75, 3.05) is 31.7 Å². The Balaban J connectivity index is 0.00000322. The Bertz CT molecular complexity index is 792. The number of nitrogens with one attached hydrogen (secondary N) is 3. The second kappa shape index (κ2) is 17.8. The molecule has 0 radical (unpaired) electrons. The SMILES string of the molecule is O=C(O)CCC(NC(=O)NCCc1ccc(NC(=O)CCOCCO)cc1)C(=O)O.O=C=O. The number of aliphatic carboxylic acids is 2. The molecule has 0 spiro atoms. The van der Waals surface area contributed by atoms with Gasteiger partial charge in [-0.25, -0.2) is 9.59 Å². The Kier molecular flexibility index (Phi) is 15.8. The number of carbonyl (C=O) groups is 4.